The molecule has 2 aromatic carbocycles. The van der Waals surface area contributed by atoms with Gasteiger partial charge in [-0.3, -0.25) is 0 Å². The lowest BCUT2D eigenvalue weighted by molar-refractivity contribution is -0.480. The Labute approximate surface area is 125 Å². The number of benzene rings is 2. The zero-order valence-electron chi connectivity index (χ0n) is 12.4. The molecule has 1 aliphatic heterocycles. The Hall–Kier alpha value is -1.68. The lowest BCUT2D eigenvalue weighted by atomic mass is 9.96. The predicted octanol–water partition coefficient (Wildman–Crippen LogP) is 4.54. The lowest BCUT2D eigenvalue weighted by Crippen LogP contribution is -2.47. The van der Waals surface area contributed by atoms with Gasteiger partial charge >= 0.3 is 0 Å². The number of hydrogen-bond donors (Lipinski definition) is 0. The molecule has 0 N–H and O–H groups in total. The highest BCUT2D eigenvalue weighted by atomic mass is 17.2. The van der Waals surface area contributed by atoms with Crippen molar-refractivity contribution in [3.8, 4) is 0 Å². The molecule has 110 valence electrons. The van der Waals surface area contributed by atoms with Crippen LogP contribution in [0.3, 0.4) is 0 Å². The molecule has 1 saturated heterocycles. The standard InChI is InChI=1S/C18H20O3/c1-4-16-18(3,5-2)21-20-17(19-16)15-12-8-10-13-9-6-7-11-14(13)15/h5-12,16-17H,2,4H2,1,3H3. The van der Waals surface area contributed by atoms with Crippen LogP contribution in [-0.4, -0.2) is 11.7 Å². The van der Waals surface area contributed by atoms with Crippen LogP contribution in [0.15, 0.2) is 55.1 Å². The molecule has 1 fully saturated rings. The molecule has 0 amide bonds. The minimum Gasteiger partial charge on any atom is -0.339 e. The van der Waals surface area contributed by atoms with Crippen LogP contribution in [0.5, 0.6) is 0 Å². The second kappa shape index (κ2) is 5.60. The Morgan fingerprint density at radius 3 is 2.71 bits per heavy atom. The summed E-state index contributed by atoms with van der Waals surface area (Å²) in [6.07, 6.45) is 1.95. The summed E-state index contributed by atoms with van der Waals surface area (Å²) in [6, 6.07) is 14.3. The number of rotatable bonds is 3. The van der Waals surface area contributed by atoms with E-state index < -0.39 is 11.9 Å². The van der Waals surface area contributed by atoms with E-state index in [0.29, 0.717) is 0 Å². The van der Waals surface area contributed by atoms with Gasteiger partial charge in [0.1, 0.15) is 5.60 Å². The summed E-state index contributed by atoms with van der Waals surface area (Å²) in [5.74, 6) is 0. The molecular weight excluding hydrogens is 264 g/mol. The molecule has 0 radical (unpaired) electrons. The SMILES string of the molecule is C=CC1(C)OOC(c2cccc3ccccc23)OC1CC. The van der Waals surface area contributed by atoms with Crippen LogP contribution < -0.4 is 0 Å². The molecule has 0 saturated carbocycles. The van der Waals surface area contributed by atoms with E-state index in [-0.39, 0.29) is 6.10 Å². The first-order valence-corrected chi connectivity index (χ1v) is 7.29. The lowest BCUT2D eigenvalue weighted by Gasteiger charge is -2.40. The third-order valence-corrected chi connectivity index (χ3v) is 4.10. The fraction of sp³-hybridized carbons (Fsp3) is 0.333. The summed E-state index contributed by atoms with van der Waals surface area (Å²) < 4.78 is 6.12. The molecule has 0 aliphatic carbocycles. The smallest absolute Gasteiger partial charge is 0.218 e. The van der Waals surface area contributed by atoms with Crippen LogP contribution in [0.4, 0.5) is 0 Å². The second-order valence-electron chi connectivity index (χ2n) is 5.50. The Morgan fingerprint density at radius 1 is 1.19 bits per heavy atom. The normalized spacial score (nSPS) is 29.4. The first-order valence-electron chi connectivity index (χ1n) is 7.29. The Kier molecular flexibility index (Phi) is 3.81. The fourth-order valence-corrected chi connectivity index (χ4v) is 2.76. The molecule has 3 heteroatoms. The van der Waals surface area contributed by atoms with E-state index >= 15 is 0 Å². The quantitative estimate of drug-likeness (QED) is 0.611. The zero-order chi connectivity index (χ0) is 14.9. The highest BCUT2D eigenvalue weighted by molar-refractivity contribution is 5.85. The summed E-state index contributed by atoms with van der Waals surface area (Å²) >= 11 is 0. The van der Waals surface area contributed by atoms with Gasteiger partial charge in [0, 0.05) is 5.56 Å². The Morgan fingerprint density at radius 2 is 1.95 bits per heavy atom. The van der Waals surface area contributed by atoms with Crippen molar-refractivity contribution in [3.05, 3.63) is 60.7 Å². The largest absolute Gasteiger partial charge is 0.339 e. The maximum atomic E-state index is 6.12. The van der Waals surface area contributed by atoms with Crippen molar-refractivity contribution < 1.29 is 14.5 Å². The van der Waals surface area contributed by atoms with Crippen molar-refractivity contribution in [1.29, 1.82) is 0 Å². The van der Waals surface area contributed by atoms with Crippen LogP contribution in [0, 0.1) is 0 Å². The van der Waals surface area contributed by atoms with Gasteiger partial charge in [-0.2, -0.15) is 4.89 Å². The van der Waals surface area contributed by atoms with Gasteiger partial charge in [0.2, 0.25) is 6.29 Å². The fourth-order valence-electron chi connectivity index (χ4n) is 2.76. The second-order valence-corrected chi connectivity index (χ2v) is 5.50. The van der Waals surface area contributed by atoms with Crippen molar-refractivity contribution in [2.75, 3.05) is 0 Å². The van der Waals surface area contributed by atoms with Gasteiger partial charge in [0.05, 0.1) is 6.10 Å². The third kappa shape index (κ3) is 2.48. The molecule has 1 heterocycles. The molecule has 3 nitrogen and oxygen atoms in total. The number of fused-ring (bicyclic) bond motifs is 1. The van der Waals surface area contributed by atoms with Gasteiger partial charge in [-0.15, -0.1) is 6.58 Å². The maximum absolute atomic E-state index is 6.12. The van der Waals surface area contributed by atoms with E-state index in [1.54, 1.807) is 6.08 Å². The average Bonchev–Trinajstić information content (AvgIpc) is 2.55. The van der Waals surface area contributed by atoms with Crippen molar-refractivity contribution in [1.82, 2.24) is 0 Å². The highest BCUT2D eigenvalue weighted by Crippen LogP contribution is 2.38. The number of ether oxygens (including phenoxy) is 1. The molecule has 2 aromatic rings. The van der Waals surface area contributed by atoms with E-state index in [1.807, 2.05) is 31.2 Å². The summed E-state index contributed by atoms with van der Waals surface area (Å²) in [7, 11) is 0. The van der Waals surface area contributed by atoms with Gasteiger partial charge in [-0.1, -0.05) is 55.5 Å². The van der Waals surface area contributed by atoms with Crippen molar-refractivity contribution >= 4 is 10.8 Å². The first kappa shape index (κ1) is 14.3. The first-order chi connectivity index (χ1) is 10.2. The van der Waals surface area contributed by atoms with E-state index in [2.05, 4.69) is 31.7 Å². The monoisotopic (exact) mass is 284 g/mol. The van der Waals surface area contributed by atoms with Crippen LogP contribution in [0.1, 0.15) is 32.1 Å². The summed E-state index contributed by atoms with van der Waals surface area (Å²) in [4.78, 5) is 11.1. The molecular formula is C18H20O3. The Balaban J connectivity index is 1.96. The molecule has 0 spiro atoms. The molecule has 3 atom stereocenters. The molecule has 3 rings (SSSR count). The molecule has 1 aliphatic rings. The summed E-state index contributed by atoms with van der Waals surface area (Å²) in [5.41, 5.74) is 0.369. The summed E-state index contributed by atoms with van der Waals surface area (Å²) in [5, 5.41) is 2.28. The number of hydrogen-bond acceptors (Lipinski definition) is 3. The minimum atomic E-state index is -0.615. The van der Waals surface area contributed by atoms with Crippen LogP contribution >= 0.6 is 0 Å². The highest BCUT2D eigenvalue weighted by Gasteiger charge is 2.41. The maximum Gasteiger partial charge on any atom is 0.218 e. The third-order valence-electron chi connectivity index (χ3n) is 4.10. The van der Waals surface area contributed by atoms with Gasteiger partial charge in [0.25, 0.3) is 0 Å². The van der Waals surface area contributed by atoms with E-state index in [4.69, 9.17) is 14.5 Å². The molecule has 3 unspecified atom stereocenters. The van der Waals surface area contributed by atoms with Crippen LogP contribution in [0.25, 0.3) is 10.8 Å². The van der Waals surface area contributed by atoms with Gasteiger partial charge in [-0.25, -0.2) is 4.89 Å². The van der Waals surface area contributed by atoms with Gasteiger partial charge < -0.3 is 4.74 Å². The topological polar surface area (TPSA) is 27.7 Å². The van der Waals surface area contributed by atoms with Crippen molar-refractivity contribution in [2.45, 2.75) is 38.3 Å². The predicted molar refractivity (Wildman–Crippen MR) is 82.6 cm³/mol. The molecule has 0 aromatic heterocycles. The summed E-state index contributed by atoms with van der Waals surface area (Å²) in [6.45, 7) is 7.81. The van der Waals surface area contributed by atoms with Crippen LogP contribution in [0.2, 0.25) is 0 Å². The van der Waals surface area contributed by atoms with E-state index in [0.717, 1.165) is 22.8 Å². The zero-order valence-corrected chi connectivity index (χ0v) is 12.4. The van der Waals surface area contributed by atoms with Crippen LogP contribution in [-0.2, 0) is 14.5 Å². The minimum absolute atomic E-state index is 0.0901. The van der Waals surface area contributed by atoms with Gasteiger partial charge in [0.15, 0.2) is 0 Å². The van der Waals surface area contributed by atoms with Gasteiger partial charge in [-0.05, 0) is 24.1 Å². The van der Waals surface area contributed by atoms with Crippen molar-refractivity contribution in [2.24, 2.45) is 0 Å². The average molecular weight is 284 g/mol. The van der Waals surface area contributed by atoms with E-state index in [9.17, 15) is 0 Å². The van der Waals surface area contributed by atoms with E-state index in [1.165, 1.54) is 0 Å². The Bertz CT molecular complexity index is 646. The van der Waals surface area contributed by atoms with Crippen molar-refractivity contribution in [3.63, 3.8) is 0 Å². The molecule has 0 bridgehead atoms. The molecule has 21 heavy (non-hydrogen) atoms.